The van der Waals surface area contributed by atoms with Gasteiger partial charge in [0.2, 0.25) is 0 Å². The predicted molar refractivity (Wildman–Crippen MR) is 68.0 cm³/mol. The third-order valence-corrected chi connectivity index (χ3v) is 3.37. The van der Waals surface area contributed by atoms with Crippen molar-refractivity contribution in [1.82, 2.24) is 0 Å². The fourth-order valence-electron chi connectivity index (χ4n) is 1.41. The smallest absolute Gasteiger partial charge is 0.193 e. The lowest BCUT2D eigenvalue weighted by Gasteiger charge is -2.03. The minimum atomic E-state index is 0.816. The van der Waals surface area contributed by atoms with E-state index in [9.17, 15) is 5.21 Å². The molecule has 0 aliphatic carbocycles. The average molecular weight is 247 g/mol. The lowest BCUT2D eigenvalue weighted by Crippen LogP contribution is -2.23. The Morgan fingerprint density at radius 2 is 2.00 bits per heavy atom. The summed E-state index contributed by atoms with van der Waals surface area (Å²) in [6.07, 6.45) is 3.06. The second kappa shape index (κ2) is 5.59. The maximum absolute atomic E-state index is 11.1. The maximum atomic E-state index is 11.1. The molecule has 0 fully saturated rings. The van der Waals surface area contributed by atoms with Gasteiger partial charge in [0.15, 0.2) is 12.4 Å². The van der Waals surface area contributed by atoms with Gasteiger partial charge < -0.3 is 9.94 Å². The summed E-state index contributed by atoms with van der Waals surface area (Å²) in [4.78, 5) is 0.971. The zero-order valence-corrected chi connectivity index (χ0v) is 10.3. The Bertz CT molecular complexity index is 485. The number of nitrogens with zero attached hydrogens (tertiary/aromatic N) is 1. The van der Waals surface area contributed by atoms with Crippen LogP contribution in [0.1, 0.15) is 5.56 Å². The molecule has 0 aliphatic heterocycles. The van der Waals surface area contributed by atoms with Crippen molar-refractivity contribution >= 4 is 11.8 Å². The molecule has 0 atom stereocenters. The highest BCUT2D eigenvalue weighted by Crippen LogP contribution is 2.22. The standard InChI is InChI=1S/C13H13NO2S/c1-16-12-6-4-11(5-7-12)10-17-13-3-2-8-14(15)9-13/h2-9H,10H2,1H3. The highest BCUT2D eigenvalue weighted by molar-refractivity contribution is 7.98. The molecular weight excluding hydrogens is 234 g/mol. The Morgan fingerprint density at radius 1 is 1.24 bits per heavy atom. The molecule has 0 radical (unpaired) electrons. The topological polar surface area (TPSA) is 36.2 Å². The predicted octanol–water partition coefficient (Wildman–Crippen LogP) is 2.62. The van der Waals surface area contributed by atoms with E-state index in [1.54, 1.807) is 31.1 Å². The summed E-state index contributed by atoms with van der Waals surface area (Å²) >= 11 is 1.64. The number of benzene rings is 1. The van der Waals surface area contributed by atoms with Crippen molar-refractivity contribution in [3.8, 4) is 5.75 Å². The summed E-state index contributed by atoms with van der Waals surface area (Å²) in [6.45, 7) is 0. The summed E-state index contributed by atoms with van der Waals surface area (Å²) in [5.74, 6) is 1.70. The summed E-state index contributed by atoms with van der Waals surface area (Å²) in [7, 11) is 1.65. The van der Waals surface area contributed by atoms with Crippen LogP contribution in [0.5, 0.6) is 5.75 Å². The lowest BCUT2D eigenvalue weighted by atomic mass is 10.2. The van der Waals surface area contributed by atoms with Gasteiger partial charge in [0, 0.05) is 11.8 Å². The Hall–Kier alpha value is -1.68. The minimum Gasteiger partial charge on any atom is -0.619 e. The normalized spacial score (nSPS) is 10.2. The van der Waals surface area contributed by atoms with E-state index in [1.165, 1.54) is 11.8 Å². The van der Waals surface area contributed by atoms with Gasteiger partial charge in [0.1, 0.15) is 5.75 Å². The van der Waals surface area contributed by atoms with Crippen molar-refractivity contribution in [2.75, 3.05) is 7.11 Å². The second-order valence-electron chi connectivity index (χ2n) is 3.54. The number of methoxy groups -OCH3 is 1. The number of ether oxygens (including phenoxy) is 1. The molecule has 0 bridgehead atoms. The van der Waals surface area contributed by atoms with Crippen LogP contribution in [0.4, 0.5) is 0 Å². The molecule has 4 heteroatoms. The molecule has 17 heavy (non-hydrogen) atoms. The monoisotopic (exact) mass is 247 g/mol. The first-order valence-electron chi connectivity index (χ1n) is 5.22. The molecule has 0 amide bonds. The first-order valence-corrected chi connectivity index (χ1v) is 6.21. The van der Waals surface area contributed by atoms with Crippen molar-refractivity contribution in [2.24, 2.45) is 0 Å². The van der Waals surface area contributed by atoms with Crippen LogP contribution in [0.3, 0.4) is 0 Å². The van der Waals surface area contributed by atoms with Crippen LogP contribution in [-0.2, 0) is 5.75 Å². The molecule has 0 saturated heterocycles. The first-order chi connectivity index (χ1) is 8.28. The molecule has 88 valence electrons. The Balaban J connectivity index is 1.97. The molecule has 1 aromatic heterocycles. The van der Waals surface area contributed by atoms with Crippen LogP contribution in [0.15, 0.2) is 53.7 Å². The molecule has 0 spiro atoms. The van der Waals surface area contributed by atoms with Crippen LogP contribution >= 0.6 is 11.8 Å². The van der Waals surface area contributed by atoms with Crippen molar-refractivity contribution in [3.05, 3.63) is 59.6 Å². The maximum Gasteiger partial charge on any atom is 0.193 e. The Labute approximate surface area is 105 Å². The number of rotatable bonds is 4. The van der Waals surface area contributed by atoms with Gasteiger partial charge in [-0.2, -0.15) is 4.73 Å². The molecule has 0 saturated carbocycles. The zero-order valence-electron chi connectivity index (χ0n) is 9.50. The molecular formula is C13H13NO2S. The van der Waals surface area contributed by atoms with E-state index >= 15 is 0 Å². The van der Waals surface area contributed by atoms with E-state index in [-0.39, 0.29) is 0 Å². The number of pyridine rings is 1. The largest absolute Gasteiger partial charge is 0.619 e. The number of hydrogen-bond donors (Lipinski definition) is 0. The average Bonchev–Trinajstić information content (AvgIpc) is 2.37. The van der Waals surface area contributed by atoms with Gasteiger partial charge in [-0.3, -0.25) is 0 Å². The van der Waals surface area contributed by atoms with Gasteiger partial charge >= 0.3 is 0 Å². The van der Waals surface area contributed by atoms with Crippen LogP contribution < -0.4 is 9.47 Å². The Kier molecular flexibility index (Phi) is 3.88. The molecule has 1 aromatic carbocycles. The van der Waals surface area contributed by atoms with Crippen LogP contribution in [0.2, 0.25) is 0 Å². The van der Waals surface area contributed by atoms with Gasteiger partial charge in [-0.05, 0) is 23.8 Å². The van der Waals surface area contributed by atoms with Gasteiger partial charge in [-0.25, -0.2) is 0 Å². The zero-order chi connectivity index (χ0) is 12.1. The molecule has 0 N–H and O–H groups in total. The quantitative estimate of drug-likeness (QED) is 0.473. The second-order valence-corrected chi connectivity index (χ2v) is 4.59. The molecule has 1 heterocycles. The SMILES string of the molecule is COc1ccc(CSc2ccc[n+]([O-])c2)cc1. The van der Waals surface area contributed by atoms with E-state index in [4.69, 9.17) is 4.74 Å². The van der Waals surface area contributed by atoms with E-state index in [1.807, 2.05) is 30.3 Å². The van der Waals surface area contributed by atoms with E-state index in [2.05, 4.69) is 0 Å². The Morgan fingerprint density at radius 3 is 2.65 bits per heavy atom. The summed E-state index contributed by atoms with van der Waals surface area (Å²) in [5.41, 5.74) is 1.21. The number of hydrogen-bond acceptors (Lipinski definition) is 3. The van der Waals surface area contributed by atoms with Crippen molar-refractivity contribution in [3.63, 3.8) is 0 Å². The molecule has 0 unspecified atom stereocenters. The molecule has 2 aromatic rings. The van der Waals surface area contributed by atoms with Gasteiger partial charge in [-0.1, -0.05) is 12.1 Å². The van der Waals surface area contributed by atoms with E-state index in [0.717, 1.165) is 21.1 Å². The third-order valence-electron chi connectivity index (χ3n) is 2.31. The molecule has 3 nitrogen and oxygen atoms in total. The minimum absolute atomic E-state index is 0.816. The van der Waals surface area contributed by atoms with E-state index < -0.39 is 0 Å². The highest BCUT2D eigenvalue weighted by atomic mass is 32.2. The van der Waals surface area contributed by atoms with Crippen molar-refractivity contribution in [1.29, 1.82) is 0 Å². The summed E-state index contributed by atoms with van der Waals surface area (Å²) in [5, 5.41) is 11.1. The van der Waals surface area contributed by atoms with Crippen molar-refractivity contribution < 1.29 is 9.47 Å². The number of aromatic nitrogens is 1. The highest BCUT2D eigenvalue weighted by Gasteiger charge is 2.00. The third kappa shape index (κ3) is 3.39. The summed E-state index contributed by atoms with van der Waals surface area (Å²) < 4.78 is 5.91. The number of thioether (sulfide) groups is 1. The van der Waals surface area contributed by atoms with E-state index in [0.29, 0.717) is 0 Å². The lowest BCUT2D eigenvalue weighted by molar-refractivity contribution is -0.607. The molecule has 0 aliphatic rings. The van der Waals surface area contributed by atoms with Gasteiger partial charge in [0.05, 0.1) is 12.0 Å². The fourth-order valence-corrected chi connectivity index (χ4v) is 2.29. The van der Waals surface area contributed by atoms with Crippen LogP contribution in [0, 0.1) is 5.21 Å². The van der Waals surface area contributed by atoms with Crippen molar-refractivity contribution in [2.45, 2.75) is 10.6 Å². The van der Waals surface area contributed by atoms with Crippen LogP contribution in [-0.4, -0.2) is 7.11 Å². The fraction of sp³-hybridized carbons (Fsp3) is 0.154. The first kappa shape index (κ1) is 11.8. The van der Waals surface area contributed by atoms with Crippen LogP contribution in [0.25, 0.3) is 0 Å². The van der Waals surface area contributed by atoms with Gasteiger partial charge in [-0.15, -0.1) is 11.8 Å². The summed E-state index contributed by atoms with van der Waals surface area (Å²) in [6, 6.07) is 11.6. The molecule has 2 rings (SSSR count). The van der Waals surface area contributed by atoms with Gasteiger partial charge in [0.25, 0.3) is 0 Å².